The minimum atomic E-state index is 0.718. The topological polar surface area (TPSA) is 17.4 Å². The average molecular weight is 298 g/mol. The van der Waals surface area contributed by atoms with Gasteiger partial charge in [-0.2, -0.15) is 0 Å². The molecular weight excluding hydrogens is 272 g/mol. The molecule has 0 bridgehead atoms. The molecule has 22 heavy (non-hydrogen) atoms. The van der Waals surface area contributed by atoms with Gasteiger partial charge in [0.05, 0.1) is 0 Å². The number of ether oxygens (including phenoxy) is 1. The summed E-state index contributed by atoms with van der Waals surface area (Å²) in [7, 11) is 0. The molecule has 0 spiro atoms. The van der Waals surface area contributed by atoms with E-state index >= 15 is 0 Å². The summed E-state index contributed by atoms with van der Waals surface area (Å²) in [6, 6.07) is 9.69. The molecule has 2 aliphatic rings. The molecule has 1 fully saturated rings. The highest BCUT2D eigenvalue weighted by Crippen LogP contribution is 2.33. The van der Waals surface area contributed by atoms with Gasteiger partial charge in [0.1, 0.15) is 0 Å². The van der Waals surface area contributed by atoms with Gasteiger partial charge < -0.3 is 9.30 Å². The Kier molecular flexibility index (Phi) is 3.93. The molecular formula is C19H26N2O. The van der Waals surface area contributed by atoms with E-state index in [9.17, 15) is 0 Å². The van der Waals surface area contributed by atoms with Crippen LogP contribution in [0.2, 0.25) is 0 Å². The Morgan fingerprint density at radius 2 is 2.00 bits per heavy atom. The molecule has 4 rings (SSSR count). The number of hydrogen-bond acceptors (Lipinski definition) is 2. The molecule has 0 amide bonds. The van der Waals surface area contributed by atoms with Gasteiger partial charge in [-0.15, -0.1) is 0 Å². The third-order valence-corrected chi connectivity index (χ3v) is 5.35. The lowest BCUT2D eigenvalue weighted by Gasteiger charge is -2.37. The van der Waals surface area contributed by atoms with Crippen molar-refractivity contribution in [2.24, 2.45) is 0 Å². The van der Waals surface area contributed by atoms with Gasteiger partial charge in [0.15, 0.2) is 0 Å². The first kappa shape index (κ1) is 14.3. The molecule has 0 N–H and O–H groups in total. The van der Waals surface area contributed by atoms with E-state index in [0.29, 0.717) is 0 Å². The number of aryl methyl sites for hydroxylation is 1. The van der Waals surface area contributed by atoms with Crippen LogP contribution in [0, 0.1) is 0 Å². The minimum absolute atomic E-state index is 0.718. The van der Waals surface area contributed by atoms with Crippen LogP contribution in [0.15, 0.2) is 24.3 Å². The zero-order valence-corrected chi connectivity index (χ0v) is 13.6. The van der Waals surface area contributed by atoms with E-state index in [4.69, 9.17) is 4.74 Å². The van der Waals surface area contributed by atoms with Crippen LogP contribution in [-0.4, -0.2) is 35.3 Å². The molecule has 1 aromatic heterocycles. The van der Waals surface area contributed by atoms with Crippen LogP contribution in [0.25, 0.3) is 10.9 Å². The Morgan fingerprint density at radius 3 is 2.82 bits per heavy atom. The molecule has 2 aromatic rings. The molecule has 0 unspecified atom stereocenters. The highest BCUT2D eigenvalue weighted by atomic mass is 16.5. The third kappa shape index (κ3) is 2.37. The normalized spacial score (nSPS) is 20.4. The van der Waals surface area contributed by atoms with Gasteiger partial charge in [0.25, 0.3) is 0 Å². The fourth-order valence-corrected chi connectivity index (χ4v) is 4.26. The van der Waals surface area contributed by atoms with E-state index in [1.165, 1.54) is 43.1 Å². The van der Waals surface area contributed by atoms with Crippen LogP contribution in [-0.2, 0) is 24.2 Å². The summed E-state index contributed by atoms with van der Waals surface area (Å²) in [6.45, 7) is 7.62. The van der Waals surface area contributed by atoms with Crippen molar-refractivity contribution in [2.75, 3.05) is 19.8 Å². The maximum atomic E-state index is 5.54. The zero-order chi connectivity index (χ0) is 14.9. The van der Waals surface area contributed by atoms with Crippen LogP contribution >= 0.6 is 0 Å². The zero-order valence-electron chi connectivity index (χ0n) is 13.6. The van der Waals surface area contributed by atoms with Gasteiger partial charge in [-0.25, -0.2) is 0 Å². The number of para-hydroxylation sites is 1. The fraction of sp³-hybridized carbons (Fsp3) is 0.579. The number of benzene rings is 1. The van der Waals surface area contributed by atoms with Crippen molar-refractivity contribution in [1.29, 1.82) is 0 Å². The third-order valence-electron chi connectivity index (χ3n) is 5.35. The molecule has 1 saturated heterocycles. The summed E-state index contributed by atoms with van der Waals surface area (Å²) in [4.78, 5) is 2.70. The first-order valence-electron chi connectivity index (χ1n) is 8.79. The summed E-state index contributed by atoms with van der Waals surface area (Å²) in [5.74, 6) is 0. The van der Waals surface area contributed by atoms with Gasteiger partial charge in [0, 0.05) is 61.9 Å². The maximum Gasteiger partial charge on any atom is 0.0485 e. The fourth-order valence-electron chi connectivity index (χ4n) is 4.26. The van der Waals surface area contributed by atoms with Crippen LogP contribution in [0.1, 0.15) is 37.4 Å². The second-order valence-electron chi connectivity index (χ2n) is 6.66. The Hall–Kier alpha value is -1.32. The summed E-state index contributed by atoms with van der Waals surface area (Å²) in [6.07, 6.45) is 4.79. The Morgan fingerprint density at radius 1 is 1.18 bits per heavy atom. The van der Waals surface area contributed by atoms with Crippen molar-refractivity contribution >= 4 is 10.9 Å². The summed E-state index contributed by atoms with van der Waals surface area (Å²) in [5.41, 5.74) is 4.61. The van der Waals surface area contributed by atoms with E-state index in [1.54, 1.807) is 11.3 Å². The lowest BCUT2D eigenvalue weighted by molar-refractivity contribution is 0.0289. The number of fused-ring (bicyclic) bond motifs is 3. The highest BCUT2D eigenvalue weighted by Gasteiger charge is 2.28. The first-order chi connectivity index (χ1) is 10.9. The van der Waals surface area contributed by atoms with E-state index in [2.05, 4.69) is 40.7 Å². The molecule has 118 valence electrons. The van der Waals surface area contributed by atoms with Crippen LogP contribution in [0.5, 0.6) is 0 Å². The summed E-state index contributed by atoms with van der Waals surface area (Å²) >= 11 is 0. The molecule has 1 aromatic carbocycles. The van der Waals surface area contributed by atoms with Crippen molar-refractivity contribution in [2.45, 2.75) is 51.7 Å². The monoisotopic (exact) mass is 298 g/mol. The molecule has 0 atom stereocenters. The average Bonchev–Trinajstić information content (AvgIpc) is 2.90. The minimum Gasteiger partial charge on any atom is -0.381 e. The SMILES string of the molecule is CCCn1c2c(c3ccccc31)CN(C1CCOCC1)CC2. The predicted octanol–water partition coefficient (Wildman–Crippen LogP) is 3.59. The van der Waals surface area contributed by atoms with E-state index in [-0.39, 0.29) is 0 Å². The Bertz CT molecular complexity index is 655. The predicted molar refractivity (Wildman–Crippen MR) is 90.2 cm³/mol. The lowest BCUT2D eigenvalue weighted by Crippen LogP contribution is -2.42. The van der Waals surface area contributed by atoms with Crippen LogP contribution < -0.4 is 0 Å². The van der Waals surface area contributed by atoms with Gasteiger partial charge in [0.2, 0.25) is 0 Å². The molecule has 3 nitrogen and oxygen atoms in total. The maximum absolute atomic E-state index is 5.54. The quantitative estimate of drug-likeness (QED) is 0.861. The van der Waals surface area contributed by atoms with E-state index < -0.39 is 0 Å². The van der Waals surface area contributed by atoms with Crippen LogP contribution in [0.4, 0.5) is 0 Å². The summed E-state index contributed by atoms with van der Waals surface area (Å²) < 4.78 is 8.11. The van der Waals surface area contributed by atoms with E-state index in [1.807, 2.05) is 0 Å². The smallest absolute Gasteiger partial charge is 0.0485 e. The van der Waals surface area contributed by atoms with Crippen molar-refractivity contribution in [1.82, 2.24) is 9.47 Å². The largest absolute Gasteiger partial charge is 0.381 e. The lowest BCUT2D eigenvalue weighted by atomic mass is 9.99. The highest BCUT2D eigenvalue weighted by molar-refractivity contribution is 5.85. The van der Waals surface area contributed by atoms with Gasteiger partial charge in [-0.3, -0.25) is 4.90 Å². The molecule has 0 aliphatic carbocycles. The Balaban J connectivity index is 1.70. The number of hydrogen-bond donors (Lipinski definition) is 0. The van der Waals surface area contributed by atoms with Crippen molar-refractivity contribution in [3.05, 3.63) is 35.5 Å². The number of nitrogens with zero attached hydrogens (tertiary/aromatic N) is 2. The van der Waals surface area contributed by atoms with Crippen molar-refractivity contribution in [3.63, 3.8) is 0 Å². The molecule has 2 aliphatic heterocycles. The first-order valence-corrected chi connectivity index (χ1v) is 8.79. The van der Waals surface area contributed by atoms with Gasteiger partial charge in [-0.05, 0) is 30.9 Å². The molecule has 3 heteroatoms. The molecule has 0 radical (unpaired) electrons. The Labute approximate surface area is 132 Å². The number of rotatable bonds is 3. The van der Waals surface area contributed by atoms with Crippen molar-refractivity contribution in [3.8, 4) is 0 Å². The second kappa shape index (κ2) is 6.05. The molecule has 3 heterocycles. The number of aromatic nitrogens is 1. The van der Waals surface area contributed by atoms with Gasteiger partial charge >= 0.3 is 0 Å². The van der Waals surface area contributed by atoms with Crippen molar-refractivity contribution < 1.29 is 4.74 Å². The molecule has 0 saturated carbocycles. The summed E-state index contributed by atoms with van der Waals surface area (Å²) in [5, 5.41) is 1.47. The van der Waals surface area contributed by atoms with E-state index in [0.717, 1.165) is 32.3 Å². The second-order valence-corrected chi connectivity index (χ2v) is 6.66. The van der Waals surface area contributed by atoms with Crippen LogP contribution in [0.3, 0.4) is 0 Å². The standard InChI is InChI=1S/C19H26N2O/c1-2-10-21-18-6-4-3-5-16(18)17-14-20(11-7-19(17)21)15-8-12-22-13-9-15/h3-6,15H,2,7-14H2,1H3. The van der Waals surface area contributed by atoms with Gasteiger partial charge in [-0.1, -0.05) is 25.1 Å².